The van der Waals surface area contributed by atoms with Gasteiger partial charge < -0.3 is 15.1 Å². The van der Waals surface area contributed by atoms with E-state index in [4.69, 9.17) is 0 Å². The number of piperazine rings is 1. The lowest BCUT2D eigenvalue weighted by atomic mass is 10.2. The molecule has 142 valence electrons. The first kappa shape index (κ1) is 17.9. The predicted octanol–water partition coefficient (Wildman–Crippen LogP) is 2.45. The predicted molar refractivity (Wildman–Crippen MR) is 108 cm³/mol. The fourth-order valence-corrected chi connectivity index (χ4v) is 3.22. The molecule has 0 spiro atoms. The monoisotopic (exact) mass is 374 g/mol. The van der Waals surface area contributed by atoms with Gasteiger partial charge in [0.1, 0.15) is 5.82 Å². The number of aromatic nitrogens is 3. The van der Waals surface area contributed by atoms with E-state index in [2.05, 4.69) is 25.2 Å². The molecule has 0 atom stereocenters. The Morgan fingerprint density at radius 3 is 2.61 bits per heavy atom. The van der Waals surface area contributed by atoms with Gasteiger partial charge in [0, 0.05) is 63.7 Å². The summed E-state index contributed by atoms with van der Waals surface area (Å²) in [6.07, 6.45) is 8.71. The number of hydrogen-bond acceptors (Lipinski definition) is 6. The Morgan fingerprint density at radius 2 is 1.86 bits per heavy atom. The molecule has 4 rings (SSSR count). The molecule has 1 aliphatic heterocycles. The molecule has 3 aromatic rings. The summed E-state index contributed by atoms with van der Waals surface area (Å²) in [4.78, 5) is 29.7. The van der Waals surface area contributed by atoms with Gasteiger partial charge in [0.15, 0.2) is 0 Å². The van der Waals surface area contributed by atoms with Crippen molar-refractivity contribution in [2.75, 3.05) is 36.4 Å². The first-order chi connectivity index (χ1) is 13.8. The lowest BCUT2D eigenvalue weighted by Gasteiger charge is -2.35. The second-order valence-electron chi connectivity index (χ2n) is 6.64. The van der Waals surface area contributed by atoms with Gasteiger partial charge in [0.05, 0.1) is 11.3 Å². The van der Waals surface area contributed by atoms with Gasteiger partial charge in [0.25, 0.3) is 5.91 Å². The van der Waals surface area contributed by atoms with Gasteiger partial charge in [-0.25, -0.2) is 4.98 Å². The normalized spacial score (nSPS) is 14.0. The van der Waals surface area contributed by atoms with Crippen molar-refractivity contribution in [3.8, 4) is 0 Å². The van der Waals surface area contributed by atoms with Crippen LogP contribution in [-0.2, 0) is 6.54 Å². The second kappa shape index (κ2) is 8.47. The van der Waals surface area contributed by atoms with E-state index < -0.39 is 0 Å². The summed E-state index contributed by atoms with van der Waals surface area (Å²) >= 11 is 0. The number of anilines is 2. The third-order valence-electron chi connectivity index (χ3n) is 4.74. The highest BCUT2D eigenvalue weighted by Crippen LogP contribution is 2.16. The highest BCUT2D eigenvalue weighted by atomic mass is 16.2. The number of amides is 1. The highest BCUT2D eigenvalue weighted by Gasteiger charge is 2.23. The summed E-state index contributed by atoms with van der Waals surface area (Å²) in [5.41, 5.74) is 2.49. The molecular weight excluding hydrogens is 352 g/mol. The van der Waals surface area contributed by atoms with E-state index in [-0.39, 0.29) is 5.91 Å². The van der Waals surface area contributed by atoms with Crippen molar-refractivity contribution >= 4 is 17.4 Å². The molecule has 7 nitrogen and oxygen atoms in total. The molecule has 0 radical (unpaired) electrons. The molecule has 1 amide bonds. The SMILES string of the molecule is O=C(c1cncc(NCc2cccnc2)c1)N1CCN(c2ccccn2)CC1. The minimum atomic E-state index is 0.0122. The average Bonchev–Trinajstić information content (AvgIpc) is 2.79. The van der Waals surface area contributed by atoms with Gasteiger partial charge >= 0.3 is 0 Å². The zero-order valence-corrected chi connectivity index (χ0v) is 15.5. The van der Waals surface area contributed by atoms with Crippen LogP contribution in [0.2, 0.25) is 0 Å². The zero-order chi connectivity index (χ0) is 19.2. The molecule has 1 fully saturated rings. The number of nitrogens with zero attached hydrogens (tertiary/aromatic N) is 5. The first-order valence-electron chi connectivity index (χ1n) is 9.33. The summed E-state index contributed by atoms with van der Waals surface area (Å²) in [5.74, 6) is 0.969. The van der Waals surface area contributed by atoms with Crippen LogP contribution in [0.1, 0.15) is 15.9 Å². The van der Waals surface area contributed by atoms with Gasteiger partial charge in [0.2, 0.25) is 0 Å². The maximum Gasteiger partial charge on any atom is 0.255 e. The van der Waals surface area contributed by atoms with Crippen molar-refractivity contribution in [3.05, 3.63) is 78.5 Å². The van der Waals surface area contributed by atoms with Gasteiger partial charge in [-0.05, 0) is 29.8 Å². The largest absolute Gasteiger partial charge is 0.380 e. The summed E-state index contributed by atoms with van der Waals surface area (Å²) in [5, 5.41) is 3.30. The van der Waals surface area contributed by atoms with Crippen molar-refractivity contribution in [1.82, 2.24) is 19.9 Å². The van der Waals surface area contributed by atoms with Crippen LogP contribution in [0, 0.1) is 0 Å². The minimum Gasteiger partial charge on any atom is -0.380 e. The second-order valence-corrected chi connectivity index (χ2v) is 6.64. The Morgan fingerprint density at radius 1 is 0.964 bits per heavy atom. The molecule has 0 bridgehead atoms. The van der Waals surface area contributed by atoms with Crippen LogP contribution in [0.25, 0.3) is 0 Å². The Labute approximate surface area is 164 Å². The van der Waals surface area contributed by atoms with Crippen molar-refractivity contribution in [2.45, 2.75) is 6.54 Å². The smallest absolute Gasteiger partial charge is 0.255 e. The fourth-order valence-electron chi connectivity index (χ4n) is 3.22. The highest BCUT2D eigenvalue weighted by molar-refractivity contribution is 5.94. The van der Waals surface area contributed by atoms with Crippen LogP contribution in [0.15, 0.2) is 67.4 Å². The lowest BCUT2D eigenvalue weighted by Crippen LogP contribution is -2.49. The van der Waals surface area contributed by atoms with Crippen LogP contribution in [-0.4, -0.2) is 51.9 Å². The van der Waals surface area contributed by atoms with E-state index in [1.165, 1.54) is 0 Å². The van der Waals surface area contributed by atoms with E-state index in [9.17, 15) is 4.79 Å². The van der Waals surface area contributed by atoms with Crippen molar-refractivity contribution in [1.29, 1.82) is 0 Å². The maximum absolute atomic E-state index is 12.9. The van der Waals surface area contributed by atoms with Gasteiger partial charge in [-0.15, -0.1) is 0 Å². The van der Waals surface area contributed by atoms with Crippen LogP contribution in [0.3, 0.4) is 0 Å². The van der Waals surface area contributed by atoms with E-state index in [0.717, 1.165) is 30.2 Å². The summed E-state index contributed by atoms with van der Waals surface area (Å²) < 4.78 is 0. The van der Waals surface area contributed by atoms with Crippen LogP contribution in [0.5, 0.6) is 0 Å². The van der Waals surface area contributed by atoms with Crippen molar-refractivity contribution in [2.24, 2.45) is 0 Å². The Balaban J connectivity index is 1.36. The topological polar surface area (TPSA) is 74.2 Å². The molecule has 4 heterocycles. The summed E-state index contributed by atoms with van der Waals surface area (Å²) in [6.45, 7) is 3.52. The molecule has 0 saturated carbocycles. The number of nitrogens with one attached hydrogen (secondary N) is 1. The van der Waals surface area contributed by atoms with Crippen LogP contribution < -0.4 is 10.2 Å². The molecular formula is C21H22N6O. The third-order valence-corrected chi connectivity index (χ3v) is 4.74. The van der Waals surface area contributed by atoms with Crippen LogP contribution in [0.4, 0.5) is 11.5 Å². The van der Waals surface area contributed by atoms with Crippen molar-refractivity contribution < 1.29 is 4.79 Å². The molecule has 0 unspecified atom stereocenters. The molecule has 7 heteroatoms. The average molecular weight is 374 g/mol. The standard InChI is InChI=1S/C21H22N6O/c28-21(27-10-8-26(9-11-27)20-5-1-2-7-24-20)18-12-19(16-23-15-18)25-14-17-4-3-6-22-13-17/h1-7,12-13,15-16,25H,8-11,14H2. The Hall–Kier alpha value is -3.48. The number of carbonyl (C=O) groups excluding carboxylic acids is 1. The molecule has 3 aromatic heterocycles. The minimum absolute atomic E-state index is 0.0122. The molecule has 1 aliphatic rings. The molecule has 0 aliphatic carbocycles. The van der Waals surface area contributed by atoms with Crippen molar-refractivity contribution in [3.63, 3.8) is 0 Å². The number of pyridine rings is 3. The van der Waals surface area contributed by atoms with E-state index in [1.807, 2.05) is 47.5 Å². The Bertz CT molecular complexity index is 910. The van der Waals surface area contributed by atoms with Crippen LogP contribution >= 0.6 is 0 Å². The quantitative estimate of drug-likeness (QED) is 0.739. The summed E-state index contributed by atoms with van der Waals surface area (Å²) in [6, 6.07) is 11.7. The zero-order valence-electron chi connectivity index (χ0n) is 15.5. The third kappa shape index (κ3) is 4.25. The molecule has 1 N–H and O–H groups in total. The fraction of sp³-hybridized carbons (Fsp3) is 0.238. The maximum atomic E-state index is 12.9. The van der Waals surface area contributed by atoms with E-state index in [1.54, 1.807) is 24.8 Å². The van der Waals surface area contributed by atoms with E-state index in [0.29, 0.717) is 25.2 Å². The van der Waals surface area contributed by atoms with Gasteiger partial charge in [-0.1, -0.05) is 12.1 Å². The lowest BCUT2D eigenvalue weighted by molar-refractivity contribution is 0.0746. The molecule has 28 heavy (non-hydrogen) atoms. The van der Waals surface area contributed by atoms with Gasteiger partial charge in [-0.2, -0.15) is 0 Å². The summed E-state index contributed by atoms with van der Waals surface area (Å²) in [7, 11) is 0. The molecule has 1 saturated heterocycles. The first-order valence-corrected chi connectivity index (χ1v) is 9.33. The van der Waals surface area contributed by atoms with E-state index >= 15 is 0 Å². The molecule has 0 aromatic carbocycles. The number of carbonyl (C=O) groups is 1. The Kier molecular flexibility index (Phi) is 5.42. The number of rotatable bonds is 5. The van der Waals surface area contributed by atoms with Gasteiger partial charge in [-0.3, -0.25) is 14.8 Å². The number of hydrogen-bond donors (Lipinski definition) is 1.